The third-order valence-corrected chi connectivity index (χ3v) is 3.36. The molecule has 6 heteroatoms. The van der Waals surface area contributed by atoms with Crippen molar-refractivity contribution in [3.63, 3.8) is 0 Å². The first-order valence-corrected chi connectivity index (χ1v) is 7.14. The smallest absolute Gasteiger partial charge is 0.265 e. The quantitative estimate of drug-likeness (QED) is 0.430. The fourth-order valence-electron chi connectivity index (χ4n) is 2.12. The Morgan fingerprint density at radius 1 is 1.33 bits per heavy atom. The summed E-state index contributed by atoms with van der Waals surface area (Å²) in [5.41, 5.74) is 2.95. The molecule has 1 amide bonds. The average Bonchev–Trinajstić information content (AvgIpc) is 2.46. The molecule has 0 spiro atoms. The van der Waals surface area contributed by atoms with Gasteiger partial charge in [-0.3, -0.25) is 15.1 Å². The van der Waals surface area contributed by atoms with E-state index in [-0.39, 0.29) is 5.82 Å². The molecule has 5 nitrogen and oxygen atoms in total. The second-order valence-corrected chi connectivity index (χ2v) is 5.31. The Bertz CT molecular complexity index is 465. The van der Waals surface area contributed by atoms with E-state index in [4.69, 9.17) is 5.84 Å². The van der Waals surface area contributed by atoms with Crippen molar-refractivity contribution in [1.82, 2.24) is 15.2 Å². The SMILES string of the molecule is CCN(CCCN(C)C)Cc1cc(C(=O)NN)ccc1F. The average molecular weight is 296 g/mol. The highest BCUT2D eigenvalue weighted by molar-refractivity contribution is 5.93. The number of nitrogens with zero attached hydrogens (tertiary/aromatic N) is 2. The summed E-state index contributed by atoms with van der Waals surface area (Å²) in [6.45, 7) is 5.25. The van der Waals surface area contributed by atoms with Gasteiger partial charge in [-0.05, 0) is 58.3 Å². The lowest BCUT2D eigenvalue weighted by Crippen LogP contribution is -2.30. The molecule has 0 aromatic heterocycles. The van der Waals surface area contributed by atoms with Crippen LogP contribution in [-0.2, 0) is 6.54 Å². The molecule has 21 heavy (non-hydrogen) atoms. The van der Waals surface area contributed by atoms with Crippen LogP contribution in [0.4, 0.5) is 4.39 Å². The fraction of sp³-hybridized carbons (Fsp3) is 0.533. The van der Waals surface area contributed by atoms with Crippen LogP contribution in [0.1, 0.15) is 29.3 Å². The number of nitrogens with one attached hydrogen (secondary N) is 1. The number of hydrazine groups is 1. The van der Waals surface area contributed by atoms with Crippen molar-refractivity contribution >= 4 is 5.91 Å². The summed E-state index contributed by atoms with van der Waals surface area (Å²) in [5.74, 6) is 4.40. The van der Waals surface area contributed by atoms with Crippen molar-refractivity contribution in [2.75, 3.05) is 33.7 Å². The second-order valence-electron chi connectivity index (χ2n) is 5.31. The number of carbonyl (C=O) groups excluding carboxylic acids is 1. The number of halogens is 1. The summed E-state index contributed by atoms with van der Waals surface area (Å²) < 4.78 is 13.9. The predicted molar refractivity (Wildman–Crippen MR) is 82.2 cm³/mol. The topological polar surface area (TPSA) is 61.6 Å². The maximum absolute atomic E-state index is 13.9. The molecule has 0 unspecified atom stereocenters. The van der Waals surface area contributed by atoms with Crippen LogP contribution in [0, 0.1) is 5.82 Å². The normalized spacial score (nSPS) is 11.2. The van der Waals surface area contributed by atoms with Crippen LogP contribution in [0.5, 0.6) is 0 Å². The minimum atomic E-state index is -0.410. The van der Waals surface area contributed by atoms with Gasteiger partial charge in [-0.25, -0.2) is 10.2 Å². The lowest BCUT2D eigenvalue weighted by atomic mass is 10.1. The van der Waals surface area contributed by atoms with Crippen molar-refractivity contribution in [2.24, 2.45) is 5.84 Å². The number of amides is 1. The Balaban J connectivity index is 2.72. The first-order chi connectivity index (χ1) is 9.97. The zero-order chi connectivity index (χ0) is 15.8. The summed E-state index contributed by atoms with van der Waals surface area (Å²) in [7, 11) is 4.07. The molecular formula is C15H25FN4O. The van der Waals surface area contributed by atoms with Gasteiger partial charge in [0, 0.05) is 17.7 Å². The molecule has 1 rings (SSSR count). The Kier molecular flexibility index (Phi) is 7.28. The highest BCUT2D eigenvalue weighted by Gasteiger charge is 2.11. The molecule has 1 aromatic carbocycles. The lowest BCUT2D eigenvalue weighted by molar-refractivity contribution is 0.0953. The number of nitrogen functional groups attached to an aromatic ring is 1. The van der Waals surface area contributed by atoms with E-state index in [2.05, 4.69) is 15.2 Å². The second kappa shape index (κ2) is 8.71. The third kappa shape index (κ3) is 5.79. The molecule has 0 bridgehead atoms. The van der Waals surface area contributed by atoms with E-state index >= 15 is 0 Å². The highest BCUT2D eigenvalue weighted by atomic mass is 19.1. The molecule has 1 aromatic rings. The number of nitrogens with two attached hydrogens (primary N) is 1. The first kappa shape index (κ1) is 17.6. The predicted octanol–water partition coefficient (Wildman–Crippen LogP) is 1.20. The van der Waals surface area contributed by atoms with Gasteiger partial charge in [-0.15, -0.1) is 0 Å². The van der Waals surface area contributed by atoms with Crippen LogP contribution in [0.25, 0.3) is 0 Å². The zero-order valence-corrected chi connectivity index (χ0v) is 13.0. The van der Waals surface area contributed by atoms with Gasteiger partial charge in [0.25, 0.3) is 5.91 Å². The number of benzene rings is 1. The van der Waals surface area contributed by atoms with Crippen LogP contribution in [0.15, 0.2) is 18.2 Å². The van der Waals surface area contributed by atoms with Gasteiger partial charge in [-0.1, -0.05) is 6.92 Å². The van der Waals surface area contributed by atoms with Crippen molar-refractivity contribution in [3.05, 3.63) is 35.1 Å². The van der Waals surface area contributed by atoms with Crippen molar-refractivity contribution in [3.8, 4) is 0 Å². The Labute approximate surface area is 125 Å². The molecule has 0 atom stereocenters. The molecule has 0 aliphatic carbocycles. The maximum atomic E-state index is 13.9. The lowest BCUT2D eigenvalue weighted by Gasteiger charge is -2.22. The minimum absolute atomic E-state index is 0.297. The van der Waals surface area contributed by atoms with Crippen LogP contribution >= 0.6 is 0 Å². The van der Waals surface area contributed by atoms with E-state index in [1.54, 1.807) is 6.07 Å². The van der Waals surface area contributed by atoms with Crippen LogP contribution < -0.4 is 11.3 Å². The molecule has 0 fully saturated rings. The maximum Gasteiger partial charge on any atom is 0.265 e. The summed E-state index contributed by atoms with van der Waals surface area (Å²) in [6, 6.07) is 4.31. The number of rotatable bonds is 8. The van der Waals surface area contributed by atoms with Crippen molar-refractivity contribution in [2.45, 2.75) is 19.9 Å². The van der Waals surface area contributed by atoms with Gasteiger partial charge in [-0.2, -0.15) is 0 Å². The van der Waals surface area contributed by atoms with E-state index in [1.165, 1.54) is 12.1 Å². The first-order valence-electron chi connectivity index (χ1n) is 7.14. The number of carbonyl (C=O) groups is 1. The monoisotopic (exact) mass is 296 g/mol. The van der Waals surface area contributed by atoms with Crippen LogP contribution in [-0.4, -0.2) is 49.4 Å². The number of hydrogen-bond donors (Lipinski definition) is 2. The van der Waals surface area contributed by atoms with Crippen molar-refractivity contribution < 1.29 is 9.18 Å². The molecule has 0 saturated heterocycles. The van der Waals surface area contributed by atoms with Crippen molar-refractivity contribution in [1.29, 1.82) is 0 Å². The highest BCUT2D eigenvalue weighted by Crippen LogP contribution is 2.13. The molecule has 3 N–H and O–H groups in total. The van der Waals surface area contributed by atoms with Gasteiger partial charge >= 0.3 is 0 Å². The molecule has 0 saturated carbocycles. The summed E-state index contributed by atoms with van der Waals surface area (Å²) >= 11 is 0. The van der Waals surface area contributed by atoms with Gasteiger partial charge in [0.05, 0.1) is 0 Å². The molecule has 0 radical (unpaired) electrons. The summed E-state index contributed by atoms with van der Waals surface area (Å²) in [6.07, 6.45) is 1.02. The van der Waals surface area contributed by atoms with Gasteiger partial charge < -0.3 is 4.90 Å². The van der Waals surface area contributed by atoms with Gasteiger partial charge in [0.2, 0.25) is 0 Å². The largest absolute Gasteiger partial charge is 0.309 e. The van der Waals surface area contributed by atoms with Gasteiger partial charge in [0.1, 0.15) is 5.82 Å². The zero-order valence-electron chi connectivity index (χ0n) is 13.0. The molecule has 118 valence electrons. The minimum Gasteiger partial charge on any atom is -0.309 e. The Morgan fingerprint density at radius 2 is 2.05 bits per heavy atom. The molecule has 0 aliphatic rings. The number of hydrogen-bond acceptors (Lipinski definition) is 4. The Morgan fingerprint density at radius 3 is 2.62 bits per heavy atom. The van der Waals surface area contributed by atoms with E-state index in [0.717, 1.165) is 26.1 Å². The van der Waals surface area contributed by atoms with E-state index in [1.807, 2.05) is 21.0 Å². The Hall–Kier alpha value is -1.50. The van der Waals surface area contributed by atoms with E-state index in [9.17, 15) is 9.18 Å². The fourth-order valence-corrected chi connectivity index (χ4v) is 2.12. The van der Waals surface area contributed by atoms with Gasteiger partial charge in [0.15, 0.2) is 0 Å². The third-order valence-electron chi connectivity index (χ3n) is 3.36. The molecule has 0 aliphatic heterocycles. The van der Waals surface area contributed by atoms with E-state index in [0.29, 0.717) is 17.7 Å². The van der Waals surface area contributed by atoms with Crippen LogP contribution in [0.3, 0.4) is 0 Å². The molecule has 0 heterocycles. The standard InChI is InChI=1S/C15H25FN4O/c1-4-20(9-5-8-19(2)3)11-13-10-12(15(21)18-17)6-7-14(13)16/h6-7,10H,4-5,8-9,11,17H2,1-3H3,(H,18,21). The summed E-state index contributed by atoms with van der Waals surface area (Å²) in [5, 5.41) is 0. The molecular weight excluding hydrogens is 271 g/mol. The van der Waals surface area contributed by atoms with E-state index < -0.39 is 5.91 Å². The van der Waals surface area contributed by atoms with Crippen LogP contribution in [0.2, 0.25) is 0 Å². The summed E-state index contributed by atoms with van der Waals surface area (Å²) in [4.78, 5) is 15.8.